The second kappa shape index (κ2) is 7.87. The second-order valence-electron chi connectivity index (χ2n) is 7.51. The number of benzene rings is 2. The summed E-state index contributed by atoms with van der Waals surface area (Å²) in [4.78, 5) is 39.2. The van der Waals surface area contributed by atoms with Crippen molar-refractivity contribution in [1.82, 2.24) is 5.01 Å². The van der Waals surface area contributed by atoms with Crippen LogP contribution in [0.1, 0.15) is 25.3 Å². The van der Waals surface area contributed by atoms with Gasteiger partial charge in [0, 0.05) is 10.7 Å². The topological polar surface area (TPSA) is 94.4 Å². The van der Waals surface area contributed by atoms with Crippen molar-refractivity contribution in [2.75, 3.05) is 16.8 Å². The molecule has 1 N–H and O–H groups in total. The predicted octanol–water partition coefficient (Wildman–Crippen LogP) is 3.40. The summed E-state index contributed by atoms with van der Waals surface area (Å²) in [5.41, 5.74) is 2.18. The van der Waals surface area contributed by atoms with E-state index in [4.69, 9.17) is 11.6 Å². The molecule has 9 heteroatoms. The van der Waals surface area contributed by atoms with Gasteiger partial charge in [-0.15, -0.1) is 0 Å². The summed E-state index contributed by atoms with van der Waals surface area (Å²) in [5, 5.41) is 12.3. The number of rotatable bonds is 5. The third-order valence-corrected chi connectivity index (χ3v) is 5.33. The van der Waals surface area contributed by atoms with Crippen molar-refractivity contribution < 1.29 is 14.4 Å². The molecular formula is C21H20ClN5O3. The third kappa shape index (κ3) is 3.66. The first-order chi connectivity index (χ1) is 14.3. The van der Waals surface area contributed by atoms with Crippen molar-refractivity contribution in [2.24, 2.45) is 10.3 Å². The highest BCUT2D eigenvalue weighted by molar-refractivity contribution is 6.31. The van der Waals surface area contributed by atoms with Crippen LogP contribution >= 0.6 is 11.6 Å². The monoisotopic (exact) mass is 425 g/mol. The Balaban J connectivity index is 1.45. The highest BCUT2D eigenvalue weighted by atomic mass is 35.5. The first-order valence-corrected chi connectivity index (χ1v) is 9.93. The SMILES string of the molecule is CC(C)c1ccc(NC(=O)CN2N=N[C@@H]3C(=O)N(c4cccc(Cl)c4)C(=O)[C@H]32)cc1. The number of anilines is 2. The average molecular weight is 426 g/mol. The molecule has 30 heavy (non-hydrogen) atoms. The van der Waals surface area contributed by atoms with E-state index in [1.165, 1.54) is 16.6 Å². The molecule has 1 saturated heterocycles. The van der Waals surface area contributed by atoms with E-state index >= 15 is 0 Å². The zero-order chi connectivity index (χ0) is 21.4. The highest BCUT2D eigenvalue weighted by Crippen LogP contribution is 2.32. The van der Waals surface area contributed by atoms with Crippen LogP contribution in [0.5, 0.6) is 0 Å². The maximum absolute atomic E-state index is 12.9. The van der Waals surface area contributed by atoms with Gasteiger partial charge in [0.05, 0.1) is 5.69 Å². The van der Waals surface area contributed by atoms with Gasteiger partial charge in [0.2, 0.25) is 5.91 Å². The van der Waals surface area contributed by atoms with Gasteiger partial charge in [-0.05, 0) is 41.8 Å². The minimum absolute atomic E-state index is 0.195. The number of halogens is 1. The lowest BCUT2D eigenvalue weighted by atomic mass is 10.0. The van der Waals surface area contributed by atoms with E-state index in [2.05, 4.69) is 29.5 Å². The zero-order valence-electron chi connectivity index (χ0n) is 16.4. The molecule has 0 bridgehead atoms. The van der Waals surface area contributed by atoms with E-state index in [-0.39, 0.29) is 12.5 Å². The Morgan fingerprint density at radius 3 is 2.53 bits per heavy atom. The van der Waals surface area contributed by atoms with Gasteiger partial charge in [0.15, 0.2) is 12.1 Å². The molecule has 2 atom stereocenters. The summed E-state index contributed by atoms with van der Waals surface area (Å²) >= 11 is 5.99. The molecule has 2 aromatic rings. The van der Waals surface area contributed by atoms with Crippen LogP contribution in [0.4, 0.5) is 11.4 Å². The van der Waals surface area contributed by atoms with Gasteiger partial charge in [-0.1, -0.05) is 48.9 Å². The fourth-order valence-corrected chi connectivity index (χ4v) is 3.71. The predicted molar refractivity (Wildman–Crippen MR) is 112 cm³/mol. The molecule has 0 aromatic heterocycles. The number of nitrogens with zero attached hydrogens (tertiary/aromatic N) is 4. The Hall–Kier alpha value is -3.26. The Kier molecular flexibility index (Phi) is 5.26. The number of nitrogens with one attached hydrogen (secondary N) is 1. The van der Waals surface area contributed by atoms with Crippen LogP contribution in [0, 0.1) is 0 Å². The lowest BCUT2D eigenvalue weighted by Crippen LogP contribution is -2.43. The fourth-order valence-electron chi connectivity index (χ4n) is 3.52. The van der Waals surface area contributed by atoms with Crippen molar-refractivity contribution in [2.45, 2.75) is 31.8 Å². The fraction of sp³-hybridized carbons (Fsp3) is 0.286. The van der Waals surface area contributed by atoms with Crippen LogP contribution in [0.25, 0.3) is 0 Å². The summed E-state index contributed by atoms with van der Waals surface area (Å²) < 4.78 is 0. The summed E-state index contributed by atoms with van der Waals surface area (Å²) in [5.74, 6) is -0.923. The average Bonchev–Trinajstić information content (AvgIpc) is 3.22. The van der Waals surface area contributed by atoms with Crippen LogP contribution in [-0.2, 0) is 14.4 Å². The van der Waals surface area contributed by atoms with Crippen molar-refractivity contribution in [3.63, 3.8) is 0 Å². The Bertz CT molecular complexity index is 1040. The molecule has 4 rings (SSSR count). The summed E-state index contributed by atoms with van der Waals surface area (Å²) in [7, 11) is 0. The number of carbonyl (C=O) groups is 3. The lowest BCUT2D eigenvalue weighted by molar-refractivity contribution is -0.123. The van der Waals surface area contributed by atoms with E-state index in [1.807, 2.05) is 24.3 Å². The maximum atomic E-state index is 12.9. The molecule has 2 aliphatic rings. The molecule has 0 aliphatic carbocycles. The summed E-state index contributed by atoms with van der Waals surface area (Å²) in [6.45, 7) is 3.99. The van der Waals surface area contributed by atoms with Crippen LogP contribution in [0.3, 0.4) is 0 Å². The molecule has 154 valence electrons. The molecule has 0 unspecified atom stereocenters. The van der Waals surface area contributed by atoms with Crippen LogP contribution < -0.4 is 10.2 Å². The maximum Gasteiger partial charge on any atom is 0.263 e. The lowest BCUT2D eigenvalue weighted by Gasteiger charge is -2.20. The van der Waals surface area contributed by atoms with E-state index in [9.17, 15) is 14.4 Å². The van der Waals surface area contributed by atoms with Gasteiger partial charge in [0.25, 0.3) is 11.8 Å². The van der Waals surface area contributed by atoms with Crippen molar-refractivity contribution in [1.29, 1.82) is 0 Å². The molecule has 0 radical (unpaired) electrons. The number of fused-ring (bicyclic) bond motifs is 1. The van der Waals surface area contributed by atoms with E-state index in [0.29, 0.717) is 22.3 Å². The molecular weight excluding hydrogens is 406 g/mol. The molecule has 2 aromatic carbocycles. The van der Waals surface area contributed by atoms with Gasteiger partial charge in [0.1, 0.15) is 6.54 Å². The minimum Gasteiger partial charge on any atom is -0.324 e. The standard InChI is InChI=1S/C21H20ClN5O3/c1-12(2)13-6-8-15(9-7-13)23-17(28)11-26-19-18(24-25-26)20(29)27(21(19)30)16-5-3-4-14(22)10-16/h3-10,12,18-19H,11H2,1-2H3,(H,23,28)/t18-,19-/m0/s1. The second-order valence-corrected chi connectivity index (χ2v) is 7.95. The van der Waals surface area contributed by atoms with E-state index in [0.717, 1.165) is 4.90 Å². The van der Waals surface area contributed by atoms with Crippen LogP contribution in [-0.4, -0.2) is 41.4 Å². The van der Waals surface area contributed by atoms with Gasteiger partial charge >= 0.3 is 0 Å². The molecule has 8 nitrogen and oxygen atoms in total. The van der Waals surface area contributed by atoms with Gasteiger partial charge in [-0.25, -0.2) is 4.90 Å². The number of imide groups is 1. The Morgan fingerprint density at radius 1 is 1.13 bits per heavy atom. The number of hydrogen-bond acceptors (Lipinski definition) is 6. The van der Waals surface area contributed by atoms with Gasteiger partial charge in [-0.2, -0.15) is 5.11 Å². The van der Waals surface area contributed by atoms with E-state index in [1.54, 1.807) is 18.2 Å². The smallest absolute Gasteiger partial charge is 0.263 e. The third-order valence-electron chi connectivity index (χ3n) is 5.09. The van der Waals surface area contributed by atoms with Crippen molar-refractivity contribution in [3.05, 3.63) is 59.1 Å². The number of hydrogen-bond donors (Lipinski definition) is 1. The van der Waals surface area contributed by atoms with Gasteiger partial charge < -0.3 is 5.32 Å². The molecule has 1 fully saturated rings. The summed E-state index contributed by atoms with van der Waals surface area (Å²) in [6.07, 6.45) is 0. The summed E-state index contributed by atoms with van der Waals surface area (Å²) in [6, 6.07) is 12.1. The largest absolute Gasteiger partial charge is 0.324 e. The molecule has 2 aliphatic heterocycles. The van der Waals surface area contributed by atoms with Crippen molar-refractivity contribution in [3.8, 4) is 0 Å². The molecule has 0 spiro atoms. The molecule has 2 heterocycles. The van der Waals surface area contributed by atoms with Gasteiger partial charge in [-0.3, -0.25) is 19.4 Å². The quantitative estimate of drug-likeness (QED) is 0.743. The first-order valence-electron chi connectivity index (χ1n) is 9.56. The molecule has 3 amide bonds. The Labute approximate surface area is 178 Å². The van der Waals surface area contributed by atoms with Crippen LogP contribution in [0.15, 0.2) is 58.9 Å². The van der Waals surface area contributed by atoms with Crippen molar-refractivity contribution >= 4 is 40.7 Å². The van der Waals surface area contributed by atoms with E-state index < -0.39 is 23.9 Å². The zero-order valence-corrected chi connectivity index (χ0v) is 17.2. The first kappa shape index (κ1) is 20.0. The Morgan fingerprint density at radius 2 is 1.87 bits per heavy atom. The van der Waals surface area contributed by atoms with Crippen LogP contribution in [0.2, 0.25) is 5.02 Å². The highest BCUT2D eigenvalue weighted by Gasteiger charge is 2.55. The molecule has 0 saturated carbocycles. The minimum atomic E-state index is -0.963. The normalized spacial score (nSPS) is 20.3. The number of carbonyl (C=O) groups excluding carboxylic acids is 3. The number of amides is 3.